The SMILES string of the molecule is CC(C)N1CCCCC1.CC(C)N1CCCCC1.CC(C)N1CCN(C)CC1. The van der Waals surface area contributed by atoms with Gasteiger partial charge in [0.2, 0.25) is 0 Å². The molecule has 168 valence electrons. The zero-order valence-corrected chi connectivity index (χ0v) is 20.4. The average Bonchev–Trinajstić information content (AvgIpc) is 2.70. The van der Waals surface area contributed by atoms with E-state index in [1.807, 2.05) is 0 Å². The summed E-state index contributed by atoms with van der Waals surface area (Å²) in [4.78, 5) is 10.0. The quantitative estimate of drug-likeness (QED) is 0.701. The Morgan fingerprint density at radius 2 is 0.679 bits per heavy atom. The number of nitrogens with zero attached hydrogens (tertiary/aromatic N) is 4. The van der Waals surface area contributed by atoms with Crippen LogP contribution < -0.4 is 0 Å². The van der Waals surface area contributed by atoms with Gasteiger partial charge in [0.1, 0.15) is 0 Å². The van der Waals surface area contributed by atoms with Crippen molar-refractivity contribution in [3.63, 3.8) is 0 Å². The minimum atomic E-state index is 0.730. The molecule has 0 aromatic heterocycles. The Bertz CT molecular complexity index is 328. The van der Waals surface area contributed by atoms with Crippen LogP contribution in [0.15, 0.2) is 0 Å². The van der Waals surface area contributed by atoms with Crippen molar-refractivity contribution in [3.8, 4) is 0 Å². The van der Waals surface area contributed by atoms with Gasteiger partial charge in [-0.05, 0) is 100 Å². The molecule has 0 unspecified atom stereocenters. The molecule has 4 nitrogen and oxygen atoms in total. The summed E-state index contributed by atoms with van der Waals surface area (Å²) < 4.78 is 0. The third-order valence-electron chi connectivity index (χ3n) is 6.51. The van der Waals surface area contributed by atoms with Crippen molar-refractivity contribution < 1.29 is 0 Å². The molecule has 0 amide bonds. The molecule has 3 fully saturated rings. The minimum Gasteiger partial charge on any atom is -0.304 e. The van der Waals surface area contributed by atoms with Crippen molar-refractivity contribution in [2.24, 2.45) is 0 Å². The Morgan fingerprint density at radius 3 is 0.929 bits per heavy atom. The van der Waals surface area contributed by atoms with Crippen molar-refractivity contribution in [3.05, 3.63) is 0 Å². The van der Waals surface area contributed by atoms with Crippen molar-refractivity contribution in [2.75, 3.05) is 59.4 Å². The van der Waals surface area contributed by atoms with Gasteiger partial charge in [-0.1, -0.05) is 12.8 Å². The van der Waals surface area contributed by atoms with Crippen LogP contribution in [0.1, 0.15) is 80.1 Å². The molecule has 0 saturated carbocycles. The van der Waals surface area contributed by atoms with Gasteiger partial charge >= 0.3 is 0 Å². The van der Waals surface area contributed by atoms with Gasteiger partial charge in [-0.3, -0.25) is 4.90 Å². The minimum absolute atomic E-state index is 0.730. The van der Waals surface area contributed by atoms with Crippen molar-refractivity contribution in [2.45, 2.75) is 98.2 Å². The number of rotatable bonds is 3. The summed E-state index contributed by atoms with van der Waals surface area (Å²) in [5.74, 6) is 0. The molecule has 3 aliphatic heterocycles. The summed E-state index contributed by atoms with van der Waals surface area (Å²) >= 11 is 0. The van der Waals surface area contributed by atoms with E-state index in [0.717, 1.165) is 18.1 Å². The molecule has 0 N–H and O–H groups in total. The van der Waals surface area contributed by atoms with Gasteiger partial charge in [-0.2, -0.15) is 0 Å². The Kier molecular flexibility index (Phi) is 13.6. The Morgan fingerprint density at radius 1 is 0.393 bits per heavy atom. The zero-order valence-electron chi connectivity index (χ0n) is 20.4. The number of hydrogen-bond acceptors (Lipinski definition) is 4. The highest BCUT2D eigenvalue weighted by molar-refractivity contribution is 4.71. The maximum Gasteiger partial charge on any atom is 0.0112 e. The van der Waals surface area contributed by atoms with E-state index in [1.54, 1.807) is 0 Å². The predicted octanol–water partition coefficient (Wildman–Crippen LogP) is 4.40. The molecule has 0 radical (unpaired) electrons. The molecule has 0 bridgehead atoms. The topological polar surface area (TPSA) is 13.0 Å². The highest BCUT2D eigenvalue weighted by Gasteiger charge is 2.15. The van der Waals surface area contributed by atoms with Gasteiger partial charge in [0.25, 0.3) is 0 Å². The number of likely N-dealkylation sites (N-methyl/N-ethyl adjacent to an activating group) is 1. The largest absolute Gasteiger partial charge is 0.304 e. The molecule has 0 spiro atoms. The summed E-state index contributed by atoms with van der Waals surface area (Å²) in [6.07, 6.45) is 8.55. The lowest BCUT2D eigenvalue weighted by atomic mass is 10.1. The first-order valence-corrected chi connectivity index (χ1v) is 12.2. The maximum atomic E-state index is 2.56. The van der Waals surface area contributed by atoms with Crippen LogP contribution in [0.5, 0.6) is 0 Å². The van der Waals surface area contributed by atoms with Gasteiger partial charge in [0, 0.05) is 44.3 Å². The molecular weight excluding hydrogens is 344 g/mol. The molecule has 0 atom stereocenters. The number of piperidine rings is 2. The second-order valence-corrected chi connectivity index (χ2v) is 9.81. The third-order valence-corrected chi connectivity index (χ3v) is 6.51. The Hall–Kier alpha value is -0.160. The monoisotopic (exact) mass is 396 g/mol. The summed E-state index contributed by atoms with van der Waals surface area (Å²) in [6.45, 7) is 24.0. The molecule has 3 saturated heterocycles. The van der Waals surface area contributed by atoms with Crippen molar-refractivity contribution >= 4 is 0 Å². The van der Waals surface area contributed by atoms with Crippen LogP contribution in [0.4, 0.5) is 0 Å². The van der Waals surface area contributed by atoms with E-state index in [2.05, 4.69) is 68.2 Å². The van der Waals surface area contributed by atoms with E-state index < -0.39 is 0 Å². The van der Waals surface area contributed by atoms with Gasteiger partial charge in [0.05, 0.1) is 0 Å². The maximum absolute atomic E-state index is 2.56. The first-order chi connectivity index (χ1) is 13.3. The van der Waals surface area contributed by atoms with E-state index in [0.29, 0.717) is 0 Å². The molecule has 3 rings (SSSR count). The average molecular weight is 397 g/mol. The molecule has 0 aromatic carbocycles. The smallest absolute Gasteiger partial charge is 0.0112 e. The molecule has 4 heteroatoms. The Balaban J connectivity index is 0.000000210. The van der Waals surface area contributed by atoms with E-state index in [1.165, 1.54) is 90.9 Å². The number of piperazine rings is 1. The molecule has 3 heterocycles. The van der Waals surface area contributed by atoms with E-state index in [9.17, 15) is 0 Å². The van der Waals surface area contributed by atoms with Crippen LogP contribution in [-0.4, -0.2) is 97.1 Å². The summed E-state index contributed by atoms with van der Waals surface area (Å²) in [7, 11) is 2.19. The van der Waals surface area contributed by atoms with Crippen molar-refractivity contribution in [1.29, 1.82) is 0 Å². The van der Waals surface area contributed by atoms with Gasteiger partial charge in [0.15, 0.2) is 0 Å². The summed E-state index contributed by atoms with van der Waals surface area (Å²) in [6, 6.07) is 2.27. The van der Waals surface area contributed by atoms with Crippen LogP contribution in [0.25, 0.3) is 0 Å². The summed E-state index contributed by atoms with van der Waals surface area (Å²) in [5, 5.41) is 0. The van der Waals surface area contributed by atoms with E-state index in [4.69, 9.17) is 0 Å². The first-order valence-electron chi connectivity index (χ1n) is 12.2. The van der Waals surface area contributed by atoms with Crippen LogP contribution in [0.3, 0.4) is 0 Å². The lowest BCUT2D eigenvalue weighted by molar-refractivity contribution is 0.126. The lowest BCUT2D eigenvalue weighted by Gasteiger charge is -2.34. The second kappa shape index (κ2) is 14.8. The zero-order chi connectivity index (χ0) is 20.9. The van der Waals surface area contributed by atoms with E-state index in [-0.39, 0.29) is 0 Å². The standard InChI is InChI=1S/C8H18N2.2C8H17N/c1-8(2)10-6-4-9(3)5-7-10;2*1-8(2)9-6-4-3-5-7-9/h8H,4-7H2,1-3H3;2*8H,3-7H2,1-2H3. The van der Waals surface area contributed by atoms with Crippen LogP contribution in [-0.2, 0) is 0 Å². The fourth-order valence-electron chi connectivity index (χ4n) is 4.21. The molecule has 0 aliphatic carbocycles. The second-order valence-electron chi connectivity index (χ2n) is 9.81. The van der Waals surface area contributed by atoms with Crippen LogP contribution in [0.2, 0.25) is 0 Å². The predicted molar refractivity (Wildman–Crippen MR) is 125 cm³/mol. The van der Waals surface area contributed by atoms with Gasteiger partial charge < -0.3 is 14.7 Å². The third kappa shape index (κ3) is 11.1. The van der Waals surface area contributed by atoms with Crippen molar-refractivity contribution in [1.82, 2.24) is 19.6 Å². The van der Waals surface area contributed by atoms with E-state index >= 15 is 0 Å². The molecular formula is C24H52N4. The van der Waals surface area contributed by atoms with Gasteiger partial charge in [-0.15, -0.1) is 0 Å². The first kappa shape index (κ1) is 25.9. The highest BCUT2D eigenvalue weighted by Crippen LogP contribution is 2.11. The van der Waals surface area contributed by atoms with Crippen LogP contribution >= 0.6 is 0 Å². The molecule has 28 heavy (non-hydrogen) atoms. The summed E-state index contributed by atoms with van der Waals surface area (Å²) in [5.41, 5.74) is 0. The Labute approximate surface area is 177 Å². The number of likely N-dealkylation sites (tertiary alicyclic amines) is 2. The molecule has 3 aliphatic rings. The fraction of sp³-hybridized carbons (Fsp3) is 1.00. The normalized spacial score (nSPS) is 23.4. The lowest BCUT2D eigenvalue weighted by Crippen LogP contribution is -2.47. The highest BCUT2D eigenvalue weighted by atomic mass is 15.3. The number of hydrogen-bond donors (Lipinski definition) is 0. The molecule has 0 aromatic rings. The van der Waals surface area contributed by atoms with Gasteiger partial charge in [-0.25, -0.2) is 0 Å². The van der Waals surface area contributed by atoms with Crippen LogP contribution in [0, 0.1) is 0 Å². The fourth-order valence-corrected chi connectivity index (χ4v) is 4.21.